The molecular weight excluding hydrogens is 337 g/mol. The van der Waals surface area contributed by atoms with E-state index in [1.165, 1.54) is 6.07 Å². The number of rotatable bonds is 3. The Morgan fingerprint density at radius 3 is 2.81 bits per heavy atom. The number of anilines is 2. The van der Waals surface area contributed by atoms with Crippen molar-refractivity contribution in [2.45, 2.75) is 6.10 Å². The van der Waals surface area contributed by atoms with E-state index in [0.29, 0.717) is 4.47 Å². The van der Waals surface area contributed by atoms with Crippen molar-refractivity contribution < 1.29 is 9.13 Å². The Kier molecular flexibility index (Phi) is 4.48. The topological polar surface area (TPSA) is 46.2 Å². The van der Waals surface area contributed by atoms with Crippen LogP contribution in [0.4, 0.5) is 15.9 Å². The second-order valence-electron chi connectivity index (χ2n) is 4.79. The summed E-state index contributed by atoms with van der Waals surface area (Å²) in [6, 6.07) is 9.14. The third kappa shape index (κ3) is 3.58. The first-order valence-electron chi connectivity index (χ1n) is 6.73. The fourth-order valence-electron chi connectivity index (χ4n) is 2.20. The number of halogens is 2. The van der Waals surface area contributed by atoms with Crippen molar-refractivity contribution >= 4 is 27.4 Å². The summed E-state index contributed by atoms with van der Waals surface area (Å²) in [5.41, 5.74) is 1.90. The second kappa shape index (κ2) is 6.51. The molecule has 4 nitrogen and oxygen atoms in total. The molecule has 1 fully saturated rings. The van der Waals surface area contributed by atoms with E-state index in [2.05, 4.69) is 31.5 Å². The monoisotopic (exact) mass is 351 g/mol. The quantitative estimate of drug-likeness (QED) is 0.889. The van der Waals surface area contributed by atoms with Gasteiger partial charge in [-0.1, -0.05) is 12.1 Å². The predicted octanol–water partition coefficient (Wildman–Crippen LogP) is 3.39. The Morgan fingerprint density at radius 2 is 2.14 bits per heavy atom. The third-order valence-corrected chi connectivity index (χ3v) is 3.71. The lowest BCUT2D eigenvalue weighted by atomic mass is 10.1. The van der Waals surface area contributed by atoms with Crippen LogP contribution in [0.25, 0.3) is 0 Å². The van der Waals surface area contributed by atoms with E-state index in [0.717, 1.165) is 30.9 Å². The minimum atomic E-state index is -0.395. The molecule has 0 amide bonds. The molecule has 6 heteroatoms. The van der Waals surface area contributed by atoms with Crippen molar-refractivity contribution in [3.05, 3.63) is 52.4 Å². The summed E-state index contributed by atoms with van der Waals surface area (Å²) in [7, 11) is 0. The van der Waals surface area contributed by atoms with E-state index < -0.39 is 5.82 Å². The molecule has 2 aromatic rings. The maximum absolute atomic E-state index is 13.7. The summed E-state index contributed by atoms with van der Waals surface area (Å²) in [6.45, 7) is 2.43. The molecule has 21 heavy (non-hydrogen) atoms. The Balaban J connectivity index is 1.71. The van der Waals surface area contributed by atoms with Crippen LogP contribution < -0.4 is 10.6 Å². The summed E-state index contributed by atoms with van der Waals surface area (Å²) >= 11 is 3.19. The molecule has 0 bridgehead atoms. The van der Waals surface area contributed by atoms with Crippen LogP contribution in [-0.2, 0) is 4.74 Å². The summed E-state index contributed by atoms with van der Waals surface area (Å²) in [6.07, 6.45) is 1.64. The van der Waals surface area contributed by atoms with Gasteiger partial charge in [-0.05, 0) is 39.7 Å². The smallest absolute Gasteiger partial charge is 0.166 e. The lowest BCUT2D eigenvalue weighted by Gasteiger charge is -2.24. The minimum absolute atomic E-state index is 0.0790. The van der Waals surface area contributed by atoms with Crippen molar-refractivity contribution in [1.82, 2.24) is 10.3 Å². The lowest BCUT2D eigenvalue weighted by molar-refractivity contribution is 0.0277. The van der Waals surface area contributed by atoms with Gasteiger partial charge in [0.25, 0.3) is 0 Å². The first-order chi connectivity index (χ1) is 10.2. The first kappa shape index (κ1) is 14.4. The van der Waals surface area contributed by atoms with E-state index >= 15 is 0 Å². The highest BCUT2D eigenvalue weighted by molar-refractivity contribution is 9.10. The number of nitrogens with one attached hydrogen (secondary N) is 2. The van der Waals surface area contributed by atoms with Gasteiger partial charge in [0.05, 0.1) is 12.7 Å². The van der Waals surface area contributed by atoms with E-state index in [4.69, 9.17) is 4.74 Å². The highest BCUT2D eigenvalue weighted by Gasteiger charge is 2.15. The van der Waals surface area contributed by atoms with Crippen molar-refractivity contribution in [1.29, 1.82) is 0 Å². The standard InChI is InChI=1S/C15H15BrFN3O/c16-11-7-13(17)15(19-8-11)20-12-3-1-10(2-4-12)14-9-18-5-6-21-14/h1-4,7-8,14,18H,5-6,9H2,(H,19,20)/t14-/m1/s1. The number of benzene rings is 1. The molecule has 1 aromatic carbocycles. The number of ether oxygens (including phenoxy) is 1. The van der Waals surface area contributed by atoms with E-state index in [1.54, 1.807) is 6.20 Å². The molecule has 0 saturated carbocycles. The number of hydrogen-bond acceptors (Lipinski definition) is 4. The van der Waals surface area contributed by atoms with Crippen molar-refractivity contribution in [3.63, 3.8) is 0 Å². The fraction of sp³-hybridized carbons (Fsp3) is 0.267. The number of aromatic nitrogens is 1. The minimum Gasteiger partial charge on any atom is -0.371 e. The van der Waals surface area contributed by atoms with Crippen LogP contribution >= 0.6 is 15.9 Å². The maximum atomic E-state index is 13.7. The average molecular weight is 352 g/mol. The van der Waals surface area contributed by atoms with Gasteiger partial charge in [0, 0.05) is 29.4 Å². The largest absolute Gasteiger partial charge is 0.371 e. The molecule has 0 spiro atoms. The molecule has 1 atom stereocenters. The zero-order valence-corrected chi connectivity index (χ0v) is 12.9. The Labute approximate surface area is 130 Å². The molecular formula is C15H15BrFN3O. The molecule has 3 rings (SSSR count). The zero-order valence-electron chi connectivity index (χ0n) is 11.3. The van der Waals surface area contributed by atoms with E-state index in [1.807, 2.05) is 24.3 Å². The summed E-state index contributed by atoms with van der Waals surface area (Å²) in [5.74, 6) is -0.185. The van der Waals surface area contributed by atoms with E-state index in [-0.39, 0.29) is 11.9 Å². The highest BCUT2D eigenvalue weighted by Crippen LogP contribution is 2.24. The Bertz CT molecular complexity index is 615. The summed E-state index contributed by atoms with van der Waals surface area (Å²) < 4.78 is 20.0. The van der Waals surface area contributed by atoms with Crippen LogP contribution in [0.1, 0.15) is 11.7 Å². The zero-order chi connectivity index (χ0) is 14.7. The van der Waals surface area contributed by atoms with Crippen LogP contribution in [0, 0.1) is 5.82 Å². The molecule has 0 radical (unpaired) electrons. The number of morpholine rings is 1. The van der Waals surface area contributed by atoms with Crippen LogP contribution in [0.15, 0.2) is 41.0 Å². The van der Waals surface area contributed by atoms with E-state index in [9.17, 15) is 4.39 Å². The summed E-state index contributed by atoms with van der Waals surface area (Å²) in [4.78, 5) is 4.02. The van der Waals surface area contributed by atoms with Gasteiger partial charge in [-0.15, -0.1) is 0 Å². The molecule has 1 aliphatic rings. The van der Waals surface area contributed by atoms with Crippen LogP contribution in [0.2, 0.25) is 0 Å². The molecule has 1 aromatic heterocycles. The third-order valence-electron chi connectivity index (χ3n) is 3.28. The van der Waals surface area contributed by atoms with Gasteiger partial charge >= 0.3 is 0 Å². The number of hydrogen-bond donors (Lipinski definition) is 2. The molecule has 1 aliphatic heterocycles. The predicted molar refractivity (Wildman–Crippen MR) is 83.2 cm³/mol. The van der Waals surface area contributed by atoms with Crippen LogP contribution in [-0.4, -0.2) is 24.7 Å². The number of pyridine rings is 1. The van der Waals surface area contributed by atoms with Gasteiger partial charge in [-0.3, -0.25) is 0 Å². The fourth-order valence-corrected chi connectivity index (χ4v) is 2.51. The van der Waals surface area contributed by atoms with Gasteiger partial charge in [-0.25, -0.2) is 9.37 Å². The molecule has 0 aliphatic carbocycles. The Morgan fingerprint density at radius 1 is 1.33 bits per heavy atom. The second-order valence-corrected chi connectivity index (χ2v) is 5.71. The van der Waals surface area contributed by atoms with Crippen molar-refractivity contribution in [2.24, 2.45) is 0 Å². The van der Waals surface area contributed by atoms with Crippen molar-refractivity contribution in [2.75, 3.05) is 25.0 Å². The van der Waals surface area contributed by atoms with Gasteiger partial charge in [0.2, 0.25) is 0 Å². The van der Waals surface area contributed by atoms with Gasteiger partial charge in [0.1, 0.15) is 0 Å². The highest BCUT2D eigenvalue weighted by atomic mass is 79.9. The van der Waals surface area contributed by atoms with Gasteiger partial charge in [-0.2, -0.15) is 0 Å². The van der Waals surface area contributed by atoms with Gasteiger partial charge < -0.3 is 15.4 Å². The van der Waals surface area contributed by atoms with Gasteiger partial charge in [0.15, 0.2) is 11.6 Å². The molecule has 2 N–H and O–H groups in total. The lowest BCUT2D eigenvalue weighted by Crippen LogP contribution is -2.33. The molecule has 2 heterocycles. The molecule has 0 unspecified atom stereocenters. The van der Waals surface area contributed by atoms with Crippen LogP contribution in [0.3, 0.4) is 0 Å². The van der Waals surface area contributed by atoms with Crippen molar-refractivity contribution in [3.8, 4) is 0 Å². The molecule has 1 saturated heterocycles. The summed E-state index contributed by atoms with van der Waals surface area (Å²) in [5, 5.41) is 6.26. The normalized spacial score (nSPS) is 18.5. The first-order valence-corrected chi connectivity index (χ1v) is 7.52. The van der Waals surface area contributed by atoms with Crippen LogP contribution in [0.5, 0.6) is 0 Å². The average Bonchev–Trinajstić information content (AvgIpc) is 2.52. The molecule has 110 valence electrons. The maximum Gasteiger partial charge on any atom is 0.166 e. The Hall–Kier alpha value is -1.50. The SMILES string of the molecule is Fc1cc(Br)cnc1Nc1ccc([C@H]2CNCCO2)cc1. The number of nitrogens with zero attached hydrogens (tertiary/aromatic N) is 1.